The highest BCUT2D eigenvalue weighted by atomic mass is 35.5. The molecule has 0 atom stereocenters. The molecule has 0 fully saturated rings. The zero-order valence-electron chi connectivity index (χ0n) is 19.5. The van der Waals surface area contributed by atoms with E-state index in [-0.39, 0.29) is 11.0 Å². The van der Waals surface area contributed by atoms with Gasteiger partial charge in [0.25, 0.3) is 5.56 Å². The first kappa shape index (κ1) is 22.8. The first-order valence-corrected chi connectivity index (χ1v) is 11.8. The summed E-state index contributed by atoms with van der Waals surface area (Å²) in [5, 5.41) is 4.50. The van der Waals surface area contributed by atoms with E-state index in [4.69, 9.17) is 23.2 Å². The Kier molecular flexibility index (Phi) is 5.63. The van der Waals surface area contributed by atoms with E-state index >= 15 is 0 Å². The van der Waals surface area contributed by atoms with Gasteiger partial charge in [-0.15, -0.1) is 0 Å². The summed E-state index contributed by atoms with van der Waals surface area (Å²) in [4.78, 5) is 24.7. The van der Waals surface area contributed by atoms with Crippen molar-refractivity contribution in [3.63, 3.8) is 0 Å². The number of halogens is 2. The summed E-state index contributed by atoms with van der Waals surface area (Å²) in [7, 11) is 2.14. The lowest BCUT2D eigenvalue weighted by molar-refractivity contribution is 0.236. The van der Waals surface area contributed by atoms with Gasteiger partial charge < -0.3 is 10.2 Å². The third-order valence-electron chi connectivity index (χ3n) is 6.31. The number of fused-ring (bicyclic) bond motifs is 2. The van der Waals surface area contributed by atoms with Crippen LogP contribution in [-0.2, 0) is 12.0 Å². The Bertz CT molecular complexity index is 1470. The SMILES string of the molecule is Cc1cn(-c2c(Cl)cccc2Cl)c(=O)c2cnc(Nc3ccc4c(c3)CN(C)CC4(C)C)nc12. The molecule has 4 aromatic rings. The van der Waals surface area contributed by atoms with Gasteiger partial charge in [-0.25, -0.2) is 9.97 Å². The van der Waals surface area contributed by atoms with Crippen molar-refractivity contribution < 1.29 is 0 Å². The van der Waals surface area contributed by atoms with Crippen molar-refractivity contribution in [2.24, 2.45) is 0 Å². The fourth-order valence-electron chi connectivity index (χ4n) is 4.93. The van der Waals surface area contributed by atoms with E-state index in [1.807, 2.05) is 6.92 Å². The Morgan fingerprint density at radius 1 is 1.12 bits per heavy atom. The van der Waals surface area contributed by atoms with Crippen LogP contribution in [0.4, 0.5) is 11.6 Å². The molecule has 6 nitrogen and oxygen atoms in total. The number of aryl methyl sites for hydroxylation is 1. The largest absolute Gasteiger partial charge is 0.324 e. The fraction of sp³-hybridized carbons (Fsp3) is 0.269. The van der Waals surface area contributed by atoms with Crippen molar-refractivity contribution in [1.82, 2.24) is 19.4 Å². The number of rotatable bonds is 3. The molecule has 0 radical (unpaired) electrons. The first-order chi connectivity index (χ1) is 16.1. The Morgan fingerprint density at radius 3 is 2.59 bits per heavy atom. The quantitative estimate of drug-likeness (QED) is 0.387. The predicted molar refractivity (Wildman–Crippen MR) is 139 cm³/mol. The second-order valence-corrected chi connectivity index (χ2v) is 10.4. The van der Waals surface area contributed by atoms with Gasteiger partial charge in [0.15, 0.2) is 0 Å². The Hall–Kier alpha value is -2.93. The minimum atomic E-state index is -0.277. The van der Waals surface area contributed by atoms with E-state index in [1.165, 1.54) is 15.7 Å². The molecular weight excluding hydrogens is 469 g/mol. The molecule has 174 valence electrons. The molecule has 5 rings (SSSR count). The highest BCUT2D eigenvalue weighted by Crippen LogP contribution is 2.34. The van der Waals surface area contributed by atoms with Crippen molar-refractivity contribution in [3.05, 3.63) is 85.9 Å². The number of pyridine rings is 1. The molecule has 0 unspecified atom stereocenters. The van der Waals surface area contributed by atoms with Gasteiger partial charge in [-0.3, -0.25) is 9.36 Å². The monoisotopic (exact) mass is 493 g/mol. The molecule has 0 saturated heterocycles. The van der Waals surface area contributed by atoms with Gasteiger partial charge in [0, 0.05) is 36.6 Å². The molecule has 0 spiro atoms. The Morgan fingerprint density at radius 2 is 1.85 bits per heavy atom. The third-order valence-corrected chi connectivity index (χ3v) is 6.92. The molecule has 0 amide bonds. The lowest BCUT2D eigenvalue weighted by Gasteiger charge is -2.38. The van der Waals surface area contributed by atoms with Crippen LogP contribution >= 0.6 is 23.2 Å². The number of aromatic nitrogens is 3. The van der Waals surface area contributed by atoms with Crippen LogP contribution in [-0.4, -0.2) is 33.0 Å². The summed E-state index contributed by atoms with van der Waals surface area (Å²) in [6.45, 7) is 8.36. The molecule has 8 heteroatoms. The van der Waals surface area contributed by atoms with Crippen LogP contribution in [0.25, 0.3) is 16.6 Å². The summed E-state index contributed by atoms with van der Waals surface area (Å²) in [6, 6.07) is 11.6. The van der Waals surface area contributed by atoms with Crippen molar-refractivity contribution in [2.75, 3.05) is 18.9 Å². The first-order valence-electron chi connectivity index (χ1n) is 11.1. The summed E-state index contributed by atoms with van der Waals surface area (Å²) < 4.78 is 1.46. The van der Waals surface area contributed by atoms with Crippen LogP contribution in [0.5, 0.6) is 0 Å². The summed E-state index contributed by atoms with van der Waals surface area (Å²) in [5.41, 5.74) is 5.24. The van der Waals surface area contributed by atoms with Crippen LogP contribution in [0, 0.1) is 6.92 Å². The summed E-state index contributed by atoms with van der Waals surface area (Å²) in [5.74, 6) is 0.437. The predicted octanol–water partition coefficient (Wildman–Crippen LogP) is 5.86. The number of hydrogen-bond acceptors (Lipinski definition) is 5. The molecule has 1 aliphatic rings. The maximum absolute atomic E-state index is 13.2. The van der Waals surface area contributed by atoms with E-state index < -0.39 is 0 Å². The van der Waals surface area contributed by atoms with Gasteiger partial charge in [-0.05, 0) is 54.9 Å². The second kappa shape index (κ2) is 8.38. The molecule has 1 N–H and O–H groups in total. The fourth-order valence-corrected chi connectivity index (χ4v) is 5.51. The van der Waals surface area contributed by atoms with Gasteiger partial charge in [0.1, 0.15) is 0 Å². The van der Waals surface area contributed by atoms with Crippen LogP contribution in [0.2, 0.25) is 10.0 Å². The van der Waals surface area contributed by atoms with Gasteiger partial charge in [-0.1, -0.05) is 49.2 Å². The van der Waals surface area contributed by atoms with E-state index in [9.17, 15) is 4.79 Å². The van der Waals surface area contributed by atoms with Crippen LogP contribution in [0.15, 0.2) is 53.6 Å². The molecule has 34 heavy (non-hydrogen) atoms. The third kappa shape index (κ3) is 3.96. The number of hydrogen-bond donors (Lipinski definition) is 1. The molecule has 3 heterocycles. The molecule has 0 aliphatic carbocycles. The zero-order chi connectivity index (χ0) is 24.2. The van der Waals surface area contributed by atoms with Gasteiger partial charge in [0.2, 0.25) is 5.95 Å². The number of likely N-dealkylation sites (N-methyl/N-ethyl adjacent to an activating group) is 1. The number of nitrogens with one attached hydrogen (secondary N) is 1. The van der Waals surface area contributed by atoms with E-state index in [1.54, 1.807) is 30.6 Å². The number of nitrogens with zero attached hydrogens (tertiary/aromatic N) is 4. The van der Waals surface area contributed by atoms with Crippen molar-refractivity contribution >= 4 is 45.7 Å². The van der Waals surface area contributed by atoms with Crippen molar-refractivity contribution in [2.45, 2.75) is 32.7 Å². The molecule has 0 bridgehead atoms. The highest BCUT2D eigenvalue weighted by Gasteiger charge is 2.30. The normalized spacial score (nSPS) is 15.4. The standard InChI is InChI=1S/C26H25Cl2N5O/c1-15-12-33(23-20(27)6-5-7-21(23)28)24(34)18-11-29-25(31-22(15)18)30-17-8-9-19-16(10-17)13-32(4)14-26(19,2)3/h5-12H,13-14H2,1-4H3,(H,29,30,31). The maximum atomic E-state index is 13.2. The minimum Gasteiger partial charge on any atom is -0.324 e. The number of anilines is 2. The smallest absolute Gasteiger partial charge is 0.266 e. The van der Waals surface area contributed by atoms with Gasteiger partial charge >= 0.3 is 0 Å². The van der Waals surface area contributed by atoms with Crippen molar-refractivity contribution in [1.29, 1.82) is 0 Å². The van der Waals surface area contributed by atoms with E-state index in [0.717, 1.165) is 24.3 Å². The van der Waals surface area contributed by atoms with Gasteiger partial charge in [0.05, 0.1) is 26.6 Å². The Labute approximate surface area is 208 Å². The summed E-state index contributed by atoms with van der Waals surface area (Å²) >= 11 is 12.7. The van der Waals surface area contributed by atoms with Crippen LogP contribution in [0.1, 0.15) is 30.5 Å². The van der Waals surface area contributed by atoms with Crippen LogP contribution in [0.3, 0.4) is 0 Å². The maximum Gasteiger partial charge on any atom is 0.266 e. The minimum absolute atomic E-state index is 0.0991. The number of para-hydroxylation sites is 1. The van der Waals surface area contributed by atoms with Crippen molar-refractivity contribution in [3.8, 4) is 5.69 Å². The van der Waals surface area contributed by atoms with Gasteiger partial charge in [-0.2, -0.15) is 0 Å². The topological polar surface area (TPSA) is 63.1 Å². The molecule has 2 aromatic carbocycles. The molecule has 0 saturated carbocycles. The van der Waals surface area contributed by atoms with E-state index in [2.05, 4.69) is 59.3 Å². The van der Waals surface area contributed by atoms with E-state index in [0.29, 0.717) is 32.6 Å². The summed E-state index contributed by atoms with van der Waals surface area (Å²) in [6.07, 6.45) is 3.27. The number of benzene rings is 2. The zero-order valence-corrected chi connectivity index (χ0v) is 21.0. The molecular formula is C26H25Cl2N5O. The van der Waals surface area contributed by atoms with Crippen LogP contribution < -0.4 is 10.9 Å². The average molecular weight is 494 g/mol. The average Bonchev–Trinajstić information content (AvgIpc) is 2.76. The lowest BCUT2D eigenvalue weighted by Crippen LogP contribution is -2.39. The molecule has 2 aromatic heterocycles. The Balaban J connectivity index is 1.53. The lowest BCUT2D eigenvalue weighted by atomic mass is 9.78. The second-order valence-electron chi connectivity index (χ2n) is 9.57. The molecule has 1 aliphatic heterocycles. The highest BCUT2D eigenvalue weighted by molar-refractivity contribution is 6.37.